The second-order valence-corrected chi connectivity index (χ2v) is 6.16. The molecule has 0 aromatic heterocycles. The van der Waals surface area contributed by atoms with Crippen LogP contribution in [-0.4, -0.2) is 44.9 Å². The standard InChI is InChI=1S/C21H25NO6/c1-22(16-8-11-17(12-9-16)28-14-21(24)25)20(23)6-4-5-15-7-10-18(26-2)13-19(15)27-3/h7-13H,4-6,14H2,1-3H3,(H,24,25). The molecular formula is C21H25NO6. The van der Waals surface area contributed by atoms with Gasteiger partial charge in [0.2, 0.25) is 5.91 Å². The maximum Gasteiger partial charge on any atom is 0.341 e. The Bertz CT molecular complexity index is 803. The Morgan fingerprint density at radius 2 is 1.68 bits per heavy atom. The summed E-state index contributed by atoms with van der Waals surface area (Å²) >= 11 is 0. The summed E-state index contributed by atoms with van der Waals surface area (Å²) < 4.78 is 15.7. The third kappa shape index (κ3) is 5.90. The molecule has 2 aromatic carbocycles. The van der Waals surface area contributed by atoms with Crippen LogP contribution < -0.4 is 19.1 Å². The lowest BCUT2D eigenvalue weighted by Gasteiger charge is -2.18. The summed E-state index contributed by atoms with van der Waals surface area (Å²) in [7, 11) is 4.93. The highest BCUT2D eigenvalue weighted by Crippen LogP contribution is 2.26. The Morgan fingerprint density at radius 1 is 1.00 bits per heavy atom. The van der Waals surface area contributed by atoms with E-state index in [2.05, 4.69) is 0 Å². The number of aliphatic carboxylic acids is 1. The van der Waals surface area contributed by atoms with E-state index >= 15 is 0 Å². The summed E-state index contributed by atoms with van der Waals surface area (Å²) in [4.78, 5) is 24.6. The summed E-state index contributed by atoms with van der Waals surface area (Å²) in [6.45, 7) is -0.400. The highest BCUT2D eigenvalue weighted by molar-refractivity contribution is 5.92. The molecule has 7 heteroatoms. The topological polar surface area (TPSA) is 85.3 Å². The second-order valence-electron chi connectivity index (χ2n) is 6.16. The molecular weight excluding hydrogens is 362 g/mol. The molecule has 0 heterocycles. The van der Waals surface area contributed by atoms with Crippen LogP contribution in [0.3, 0.4) is 0 Å². The predicted octanol–water partition coefficient (Wildman–Crippen LogP) is 3.15. The van der Waals surface area contributed by atoms with Gasteiger partial charge in [-0.1, -0.05) is 6.07 Å². The molecule has 0 saturated heterocycles. The van der Waals surface area contributed by atoms with Crippen LogP contribution in [0.2, 0.25) is 0 Å². The number of carbonyl (C=O) groups excluding carboxylic acids is 1. The fourth-order valence-corrected chi connectivity index (χ4v) is 2.71. The van der Waals surface area contributed by atoms with Crippen molar-refractivity contribution >= 4 is 17.6 Å². The molecule has 0 bridgehead atoms. The molecule has 0 saturated carbocycles. The molecule has 7 nitrogen and oxygen atoms in total. The van der Waals surface area contributed by atoms with Crippen LogP contribution in [-0.2, 0) is 16.0 Å². The van der Waals surface area contributed by atoms with E-state index in [1.54, 1.807) is 50.4 Å². The Morgan fingerprint density at radius 3 is 2.29 bits per heavy atom. The minimum atomic E-state index is -1.04. The number of benzene rings is 2. The Hall–Kier alpha value is -3.22. The number of carboxylic acid groups (broad SMARTS) is 1. The van der Waals surface area contributed by atoms with E-state index in [1.807, 2.05) is 18.2 Å². The van der Waals surface area contributed by atoms with E-state index in [-0.39, 0.29) is 5.91 Å². The average Bonchev–Trinajstić information content (AvgIpc) is 2.72. The summed E-state index contributed by atoms with van der Waals surface area (Å²) in [5.41, 5.74) is 1.74. The highest BCUT2D eigenvalue weighted by atomic mass is 16.5. The molecule has 0 aliphatic heterocycles. The zero-order chi connectivity index (χ0) is 20.5. The number of carboxylic acids is 1. The predicted molar refractivity (Wildman–Crippen MR) is 105 cm³/mol. The lowest BCUT2D eigenvalue weighted by molar-refractivity contribution is -0.139. The number of carbonyl (C=O) groups is 2. The lowest BCUT2D eigenvalue weighted by Crippen LogP contribution is -2.25. The van der Waals surface area contributed by atoms with Gasteiger partial charge in [0.05, 0.1) is 14.2 Å². The maximum atomic E-state index is 12.5. The van der Waals surface area contributed by atoms with Crippen molar-refractivity contribution in [3.8, 4) is 17.2 Å². The number of nitrogens with zero attached hydrogens (tertiary/aromatic N) is 1. The van der Waals surface area contributed by atoms with Crippen molar-refractivity contribution in [1.29, 1.82) is 0 Å². The molecule has 150 valence electrons. The van der Waals surface area contributed by atoms with Gasteiger partial charge < -0.3 is 24.2 Å². The van der Waals surface area contributed by atoms with Gasteiger partial charge in [-0.15, -0.1) is 0 Å². The van der Waals surface area contributed by atoms with Gasteiger partial charge in [-0.05, 0) is 48.7 Å². The molecule has 2 rings (SSSR count). The first-order valence-corrected chi connectivity index (χ1v) is 8.86. The van der Waals surface area contributed by atoms with Gasteiger partial charge in [0, 0.05) is 25.2 Å². The monoisotopic (exact) mass is 387 g/mol. The molecule has 0 radical (unpaired) electrons. The van der Waals surface area contributed by atoms with Gasteiger partial charge in [-0.25, -0.2) is 4.79 Å². The number of hydrogen-bond donors (Lipinski definition) is 1. The van der Waals surface area contributed by atoms with Crippen LogP contribution in [0.1, 0.15) is 18.4 Å². The van der Waals surface area contributed by atoms with Gasteiger partial charge in [0.1, 0.15) is 17.2 Å². The van der Waals surface area contributed by atoms with Crippen molar-refractivity contribution in [3.05, 3.63) is 48.0 Å². The quantitative estimate of drug-likeness (QED) is 0.674. The van der Waals surface area contributed by atoms with Crippen LogP contribution in [0.15, 0.2) is 42.5 Å². The molecule has 0 aliphatic carbocycles. The van der Waals surface area contributed by atoms with E-state index in [4.69, 9.17) is 19.3 Å². The zero-order valence-corrected chi connectivity index (χ0v) is 16.3. The molecule has 28 heavy (non-hydrogen) atoms. The normalized spacial score (nSPS) is 10.2. The Labute approximate surface area is 164 Å². The van der Waals surface area contributed by atoms with Crippen molar-refractivity contribution in [1.82, 2.24) is 0 Å². The summed E-state index contributed by atoms with van der Waals surface area (Å²) in [5, 5.41) is 8.62. The van der Waals surface area contributed by atoms with Crippen molar-refractivity contribution in [2.45, 2.75) is 19.3 Å². The van der Waals surface area contributed by atoms with Gasteiger partial charge in [-0.3, -0.25) is 4.79 Å². The summed E-state index contributed by atoms with van der Waals surface area (Å²) in [5.74, 6) is 0.874. The summed E-state index contributed by atoms with van der Waals surface area (Å²) in [6, 6.07) is 12.4. The van der Waals surface area contributed by atoms with Crippen molar-refractivity contribution in [2.24, 2.45) is 0 Å². The van der Waals surface area contributed by atoms with E-state index in [0.717, 1.165) is 22.7 Å². The minimum Gasteiger partial charge on any atom is -0.497 e. The molecule has 0 fully saturated rings. The molecule has 1 N–H and O–H groups in total. The molecule has 2 aromatic rings. The third-order valence-electron chi connectivity index (χ3n) is 4.29. The lowest BCUT2D eigenvalue weighted by atomic mass is 10.1. The first-order chi connectivity index (χ1) is 13.4. The first kappa shape index (κ1) is 21.1. The maximum absolute atomic E-state index is 12.5. The first-order valence-electron chi connectivity index (χ1n) is 8.86. The molecule has 0 spiro atoms. The number of aryl methyl sites for hydroxylation is 1. The van der Waals surface area contributed by atoms with Crippen LogP contribution in [0.25, 0.3) is 0 Å². The van der Waals surface area contributed by atoms with Crippen LogP contribution in [0.4, 0.5) is 5.69 Å². The SMILES string of the molecule is COc1ccc(CCCC(=O)N(C)c2ccc(OCC(=O)O)cc2)c(OC)c1. The van der Waals surface area contributed by atoms with Gasteiger partial charge >= 0.3 is 5.97 Å². The number of ether oxygens (including phenoxy) is 3. The number of anilines is 1. The fraction of sp³-hybridized carbons (Fsp3) is 0.333. The van der Waals surface area contributed by atoms with Crippen LogP contribution in [0.5, 0.6) is 17.2 Å². The van der Waals surface area contributed by atoms with E-state index < -0.39 is 12.6 Å². The molecule has 0 atom stereocenters. The largest absolute Gasteiger partial charge is 0.497 e. The smallest absolute Gasteiger partial charge is 0.341 e. The third-order valence-corrected chi connectivity index (χ3v) is 4.29. The number of amides is 1. The number of rotatable bonds is 10. The van der Waals surface area contributed by atoms with Crippen molar-refractivity contribution in [3.63, 3.8) is 0 Å². The highest BCUT2D eigenvalue weighted by Gasteiger charge is 2.12. The van der Waals surface area contributed by atoms with E-state index in [0.29, 0.717) is 25.0 Å². The second kappa shape index (κ2) is 10.2. The summed E-state index contributed by atoms with van der Waals surface area (Å²) in [6.07, 6.45) is 1.79. The van der Waals surface area contributed by atoms with Gasteiger partial charge in [-0.2, -0.15) is 0 Å². The van der Waals surface area contributed by atoms with Crippen LogP contribution in [0, 0.1) is 0 Å². The van der Waals surface area contributed by atoms with Crippen molar-refractivity contribution in [2.75, 3.05) is 32.8 Å². The van der Waals surface area contributed by atoms with E-state index in [1.165, 1.54) is 0 Å². The number of hydrogen-bond acceptors (Lipinski definition) is 5. The minimum absolute atomic E-state index is 0.00770. The van der Waals surface area contributed by atoms with Crippen LogP contribution >= 0.6 is 0 Å². The average molecular weight is 387 g/mol. The number of methoxy groups -OCH3 is 2. The molecule has 0 aliphatic rings. The van der Waals surface area contributed by atoms with E-state index in [9.17, 15) is 9.59 Å². The van der Waals surface area contributed by atoms with Gasteiger partial charge in [0.15, 0.2) is 6.61 Å². The zero-order valence-electron chi connectivity index (χ0n) is 16.3. The molecule has 0 unspecified atom stereocenters. The van der Waals surface area contributed by atoms with Crippen molar-refractivity contribution < 1.29 is 28.9 Å². The Kier molecular flexibility index (Phi) is 7.68. The Balaban J connectivity index is 1.88. The molecule has 1 amide bonds. The van der Waals surface area contributed by atoms with Gasteiger partial charge in [0.25, 0.3) is 0 Å². The fourth-order valence-electron chi connectivity index (χ4n) is 2.71.